The number of nitrogens with two attached hydrogens (primary N) is 1. The van der Waals surface area contributed by atoms with Crippen LogP contribution in [0, 0.1) is 0 Å². The van der Waals surface area contributed by atoms with Crippen molar-refractivity contribution in [1.82, 2.24) is 0 Å². The molecule has 0 saturated heterocycles. The molecule has 0 aliphatic heterocycles. The Hall–Kier alpha value is -0.0800. The van der Waals surface area contributed by atoms with Gasteiger partial charge in [0.25, 0.3) is 0 Å². The molecule has 0 bridgehead atoms. The number of hydrogen-bond donors (Lipinski definition) is 1. The zero-order chi connectivity index (χ0) is 6.69. The standard InChI is InChI=1S/C7H15NO/c1-6(8)9-7-4-2-3-5-7/h6-7H,2-5,8H2,1H3. The lowest BCUT2D eigenvalue weighted by Gasteiger charge is -2.13. The summed E-state index contributed by atoms with van der Waals surface area (Å²) in [6, 6.07) is 0. The molecule has 0 amide bonds. The van der Waals surface area contributed by atoms with Gasteiger partial charge in [0.15, 0.2) is 0 Å². The largest absolute Gasteiger partial charge is 0.361 e. The quantitative estimate of drug-likeness (QED) is 0.569. The molecule has 2 heteroatoms. The molecule has 54 valence electrons. The molecule has 2 N–H and O–H groups in total. The molecule has 1 aliphatic carbocycles. The van der Waals surface area contributed by atoms with Crippen molar-refractivity contribution in [3.63, 3.8) is 0 Å². The summed E-state index contributed by atoms with van der Waals surface area (Å²) in [6.07, 6.45) is 5.44. The van der Waals surface area contributed by atoms with Gasteiger partial charge in [0.2, 0.25) is 0 Å². The summed E-state index contributed by atoms with van der Waals surface area (Å²) >= 11 is 0. The molecule has 1 aliphatic rings. The van der Waals surface area contributed by atoms with Gasteiger partial charge in [0, 0.05) is 0 Å². The lowest BCUT2D eigenvalue weighted by molar-refractivity contribution is 0.00604. The van der Waals surface area contributed by atoms with E-state index in [9.17, 15) is 0 Å². The molecule has 0 aromatic rings. The lowest BCUT2D eigenvalue weighted by atomic mass is 10.3. The molecule has 9 heavy (non-hydrogen) atoms. The maximum Gasteiger partial charge on any atom is 0.103 e. The van der Waals surface area contributed by atoms with E-state index in [1.54, 1.807) is 0 Å². The first kappa shape index (κ1) is 7.03. The molecular weight excluding hydrogens is 114 g/mol. The maximum absolute atomic E-state index is 5.45. The predicted octanol–water partition coefficient (Wildman–Crippen LogP) is 1.25. The molecule has 1 rings (SSSR count). The third-order valence-corrected chi connectivity index (χ3v) is 1.71. The van der Waals surface area contributed by atoms with Gasteiger partial charge >= 0.3 is 0 Å². The second-order valence-corrected chi connectivity index (χ2v) is 2.75. The van der Waals surface area contributed by atoms with E-state index in [2.05, 4.69) is 0 Å². The summed E-state index contributed by atoms with van der Waals surface area (Å²) in [5.41, 5.74) is 5.45. The van der Waals surface area contributed by atoms with Crippen LogP contribution in [0.3, 0.4) is 0 Å². The number of hydrogen-bond acceptors (Lipinski definition) is 2. The van der Waals surface area contributed by atoms with Crippen LogP contribution in [0.15, 0.2) is 0 Å². The minimum atomic E-state index is -0.0758. The number of ether oxygens (including phenoxy) is 1. The van der Waals surface area contributed by atoms with Gasteiger partial charge in [-0.1, -0.05) is 12.8 Å². The molecule has 2 nitrogen and oxygen atoms in total. The van der Waals surface area contributed by atoms with Crippen LogP contribution in [0.2, 0.25) is 0 Å². The highest BCUT2D eigenvalue weighted by Gasteiger charge is 2.15. The topological polar surface area (TPSA) is 35.2 Å². The Morgan fingerprint density at radius 1 is 1.44 bits per heavy atom. The Morgan fingerprint density at radius 3 is 2.44 bits per heavy atom. The van der Waals surface area contributed by atoms with Crippen molar-refractivity contribution < 1.29 is 4.74 Å². The molecule has 0 aromatic heterocycles. The van der Waals surface area contributed by atoms with Gasteiger partial charge in [0.1, 0.15) is 6.23 Å². The van der Waals surface area contributed by atoms with E-state index in [1.807, 2.05) is 6.92 Å². The van der Waals surface area contributed by atoms with Gasteiger partial charge in [-0.2, -0.15) is 0 Å². The van der Waals surface area contributed by atoms with Gasteiger partial charge in [-0.25, -0.2) is 0 Å². The summed E-state index contributed by atoms with van der Waals surface area (Å²) in [5, 5.41) is 0. The van der Waals surface area contributed by atoms with E-state index in [-0.39, 0.29) is 6.23 Å². The molecule has 1 atom stereocenters. The summed E-state index contributed by atoms with van der Waals surface area (Å²) < 4.78 is 5.39. The van der Waals surface area contributed by atoms with Crippen molar-refractivity contribution in [2.45, 2.75) is 44.9 Å². The summed E-state index contributed by atoms with van der Waals surface area (Å²) in [6.45, 7) is 1.89. The lowest BCUT2D eigenvalue weighted by Crippen LogP contribution is -2.24. The van der Waals surface area contributed by atoms with E-state index < -0.39 is 0 Å². The molecule has 1 unspecified atom stereocenters. The fourth-order valence-electron chi connectivity index (χ4n) is 1.33. The monoisotopic (exact) mass is 129 g/mol. The van der Waals surface area contributed by atoms with Crippen molar-refractivity contribution in [2.75, 3.05) is 0 Å². The fourth-order valence-corrected chi connectivity index (χ4v) is 1.33. The molecule has 0 spiro atoms. The smallest absolute Gasteiger partial charge is 0.103 e. The molecule has 0 heterocycles. The summed E-state index contributed by atoms with van der Waals surface area (Å²) in [7, 11) is 0. The van der Waals surface area contributed by atoms with Crippen molar-refractivity contribution in [3.05, 3.63) is 0 Å². The van der Waals surface area contributed by atoms with Crippen molar-refractivity contribution in [3.8, 4) is 0 Å². The minimum Gasteiger partial charge on any atom is -0.361 e. The first-order chi connectivity index (χ1) is 4.29. The second-order valence-electron chi connectivity index (χ2n) is 2.75. The maximum atomic E-state index is 5.45. The third kappa shape index (κ3) is 2.33. The Morgan fingerprint density at radius 2 is 2.00 bits per heavy atom. The van der Waals surface area contributed by atoms with Gasteiger partial charge in [-0.05, 0) is 19.8 Å². The van der Waals surface area contributed by atoms with E-state index >= 15 is 0 Å². The average molecular weight is 129 g/mol. The summed E-state index contributed by atoms with van der Waals surface area (Å²) in [5.74, 6) is 0. The van der Waals surface area contributed by atoms with E-state index in [4.69, 9.17) is 10.5 Å². The van der Waals surface area contributed by atoms with Crippen LogP contribution in [-0.4, -0.2) is 12.3 Å². The van der Waals surface area contributed by atoms with Crippen LogP contribution in [0.25, 0.3) is 0 Å². The second kappa shape index (κ2) is 3.18. The third-order valence-electron chi connectivity index (χ3n) is 1.71. The Balaban J connectivity index is 2.11. The SMILES string of the molecule is CC(N)OC1CCCC1. The van der Waals surface area contributed by atoms with Crippen molar-refractivity contribution >= 4 is 0 Å². The predicted molar refractivity (Wildman–Crippen MR) is 37.0 cm³/mol. The summed E-state index contributed by atoms with van der Waals surface area (Å²) in [4.78, 5) is 0. The zero-order valence-electron chi connectivity index (χ0n) is 5.97. The first-order valence-corrected chi connectivity index (χ1v) is 3.70. The van der Waals surface area contributed by atoms with Crippen molar-refractivity contribution in [1.29, 1.82) is 0 Å². The Kier molecular flexibility index (Phi) is 2.49. The van der Waals surface area contributed by atoms with Crippen molar-refractivity contribution in [2.24, 2.45) is 5.73 Å². The van der Waals surface area contributed by atoms with Crippen LogP contribution in [0.4, 0.5) is 0 Å². The molecular formula is C7H15NO. The highest BCUT2D eigenvalue weighted by molar-refractivity contribution is 4.66. The van der Waals surface area contributed by atoms with E-state index in [0.29, 0.717) is 6.10 Å². The Labute approximate surface area is 56.4 Å². The van der Waals surface area contributed by atoms with Crippen LogP contribution in [0.1, 0.15) is 32.6 Å². The minimum absolute atomic E-state index is 0.0758. The van der Waals surface area contributed by atoms with Crippen LogP contribution >= 0.6 is 0 Å². The normalized spacial score (nSPS) is 24.7. The van der Waals surface area contributed by atoms with Gasteiger partial charge in [-0.3, -0.25) is 0 Å². The van der Waals surface area contributed by atoms with E-state index in [1.165, 1.54) is 25.7 Å². The molecule has 0 aromatic carbocycles. The highest BCUT2D eigenvalue weighted by atomic mass is 16.5. The zero-order valence-corrected chi connectivity index (χ0v) is 5.97. The highest BCUT2D eigenvalue weighted by Crippen LogP contribution is 2.21. The van der Waals surface area contributed by atoms with Crippen LogP contribution in [-0.2, 0) is 4.74 Å². The van der Waals surface area contributed by atoms with Gasteiger partial charge in [0.05, 0.1) is 6.10 Å². The van der Waals surface area contributed by atoms with Gasteiger partial charge < -0.3 is 10.5 Å². The van der Waals surface area contributed by atoms with Crippen LogP contribution < -0.4 is 5.73 Å². The van der Waals surface area contributed by atoms with E-state index in [0.717, 1.165) is 0 Å². The Bertz CT molecular complexity index is 77.0. The molecule has 0 radical (unpaired) electrons. The van der Waals surface area contributed by atoms with Crippen LogP contribution in [0.5, 0.6) is 0 Å². The number of rotatable bonds is 2. The molecule has 1 saturated carbocycles. The first-order valence-electron chi connectivity index (χ1n) is 3.70. The fraction of sp³-hybridized carbons (Fsp3) is 1.00. The van der Waals surface area contributed by atoms with Gasteiger partial charge in [-0.15, -0.1) is 0 Å². The average Bonchev–Trinajstić information content (AvgIpc) is 2.15. The molecule has 1 fully saturated rings.